The van der Waals surface area contributed by atoms with E-state index in [1.807, 2.05) is 11.9 Å². The summed E-state index contributed by atoms with van der Waals surface area (Å²) in [6.07, 6.45) is 3.67. The Balaban J connectivity index is 2.00. The lowest BCUT2D eigenvalue weighted by atomic mass is 9.80. The van der Waals surface area contributed by atoms with Crippen LogP contribution in [0, 0.1) is 11.7 Å². The Morgan fingerprint density at radius 2 is 2.31 bits per heavy atom. The van der Waals surface area contributed by atoms with E-state index in [9.17, 15) is 4.39 Å². The SMILES string of the molecule is CN(CC1CC(N)C1)c1ncc(Br)cc1F. The summed E-state index contributed by atoms with van der Waals surface area (Å²) in [4.78, 5) is 5.94. The van der Waals surface area contributed by atoms with Crippen LogP contribution in [0.5, 0.6) is 0 Å². The number of hydrogen-bond donors (Lipinski definition) is 1. The summed E-state index contributed by atoms with van der Waals surface area (Å²) >= 11 is 3.19. The van der Waals surface area contributed by atoms with E-state index in [0.717, 1.165) is 19.4 Å². The molecule has 0 saturated heterocycles. The molecule has 0 atom stereocenters. The lowest BCUT2D eigenvalue weighted by molar-refractivity contribution is 0.270. The van der Waals surface area contributed by atoms with Crippen LogP contribution in [0.3, 0.4) is 0 Å². The molecule has 0 bridgehead atoms. The quantitative estimate of drug-likeness (QED) is 0.926. The number of halogens is 2. The first-order chi connectivity index (χ1) is 7.56. The molecule has 16 heavy (non-hydrogen) atoms. The van der Waals surface area contributed by atoms with Gasteiger partial charge in [0.1, 0.15) is 0 Å². The molecule has 0 aliphatic heterocycles. The molecule has 0 unspecified atom stereocenters. The molecule has 2 N–H and O–H groups in total. The maximum atomic E-state index is 13.6. The number of nitrogens with zero attached hydrogens (tertiary/aromatic N) is 2. The van der Waals surface area contributed by atoms with E-state index >= 15 is 0 Å². The fourth-order valence-electron chi connectivity index (χ4n) is 2.10. The Labute approximate surface area is 103 Å². The van der Waals surface area contributed by atoms with E-state index in [1.54, 1.807) is 6.20 Å². The Morgan fingerprint density at radius 3 is 2.88 bits per heavy atom. The lowest BCUT2D eigenvalue weighted by Gasteiger charge is -2.35. The second-order valence-electron chi connectivity index (χ2n) is 4.44. The minimum atomic E-state index is -0.291. The van der Waals surface area contributed by atoms with Gasteiger partial charge in [-0.25, -0.2) is 9.37 Å². The Hall–Kier alpha value is -0.680. The second kappa shape index (κ2) is 4.67. The van der Waals surface area contributed by atoms with Crippen molar-refractivity contribution in [1.29, 1.82) is 0 Å². The summed E-state index contributed by atoms with van der Waals surface area (Å²) in [5.74, 6) is 0.689. The first-order valence-electron chi connectivity index (χ1n) is 5.34. The third kappa shape index (κ3) is 2.52. The first-order valence-corrected chi connectivity index (χ1v) is 6.13. The van der Waals surface area contributed by atoms with E-state index in [2.05, 4.69) is 20.9 Å². The zero-order valence-corrected chi connectivity index (χ0v) is 10.7. The van der Waals surface area contributed by atoms with E-state index in [-0.39, 0.29) is 5.82 Å². The molecule has 1 heterocycles. The normalized spacial score (nSPS) is 24.0. The molecule has 1 aromatic rings. The molecule has 5 heteroatoms. The molecule has 0 spiro atoms. The van der Waals surface area contributed by atoms with Crippen molar-refractivity contribution in [3.05, 3.63) is 22.6 Å². The average molecular weight is 288 g/mol. The summed E-state index contributed by atoms with van der Waals surface area (Å²) in [5, 5.41) is 0. The fraction of sp³-hybridized carbons (Fsp3) is 0.545. The van der Waals surface area contributed by atoms with E-state index in [0.29, 0.717) is 22.3 Å². The van der Waals surface area contributed by atoms with Crippen LogP contribution in [0.4, 0.5) is 10.2 Å². The number of aromatic nitrogens is 1. The number of nitrogens with two attached hydrogens (primary N) is 1. The van der Waals surface area contributed by atoms with Crippen LogP contribution in [0.2, 0.25) is 0 Å². The van der Waals surface area contributed by atoms with Crippen molar-refractivity contribution in [3.8, 4) is 0 Å². The molecule has 3 nitrogen and oxygen atoms in total. The predicted molar refractivity (Wildman–Crippen MR) is 65.9 cm³/mol. The van der Waals surface area contributed by atoms with Crippen LogP contribution in [0.1, 0.15) is 12.8 Å². The second-order valence-corrected chi connectivity index (χ2v) is 5.35. The van der Waals surface area contributed by atoms with Crippen LogP contribution in [0.25, 0.3) is 0 Å². The molecule has 1 fully saturated rings. The Kier molecular flexibility index (Phi) is 3.44. The molecule has 0 amide bonds. The largest absolute Gasteiger partial charge is 0.357 e. The van der Waals surface area contributed by atoms with Gasteiger partial charge >= 0.3 is 0 Å². The van der Waals surface area contributed by atoms with Gasteiger partial charge in [-0.05, 0) is 40.8 Å². The van der Waals surface area contributed by atoms with Crippen molar-refractivity contribution in [3.63, 3.8) is 0 Å². The van der Waals surface area contributed by atoms with Crippen LogP contribution < -0.4 is 10.6 Å². The standard InChI is InChI=1S/C11H15BrFN3/c1-16(6-7-2-9(14)3-7)11-10(13)4-8(12)5-15-11/h4-5,7,9H,2-3,6,14H2,1H3. The molecule has 1 saturated carbocycles. The van der Waals surface area contributed by atoms with Crippen molar-refractivity contribution < 1.29 is 4.39 Å². The van der Waals surface area contributed by atoms with Gasteiger partial charge in [0.15, 0.2) is 11.6 Å². The van der Waals surface area contributed by atoms with Gasteiger partial charge in [-0.15, -0.1) is 0 Å². The molecular weight excluding hydrogens is 273 g/mol. The van der Waals surface area contributed by atoms with Gasteiger partial charge in [-0.1, -0.05) is 0 Å². The van der Waals surface area contributed by atoms with Gasteiger partial charge in [-0.2, -0.15) is 0 Å². The maximum Gasteiger partial charge on any atom is 0.166 e. The van der Waals surface area contributed by atoms with Crippen molar-refractivity contribution in [2.24, 2.45) is 11.7 Å². The number of anilines is 1. The molecular formula is C11H15BrFN3. The monoisotopic (exact) mass is 287 g/mol. The fourth-order valence-corrected chi connectivity index (χ4v) is 2.40. The van der Waals surface area contributed by atoms with Gasteiger partial charge in [0.05, 0.1) is 0 Å². The molecule has 2 rings (SSSR count). The Morgan fingerprint density at radius 1 is 1.62 bits per heavy atom. The molecule has 0 aromatic carbocycles. The highest BCUT2D eigenvalue weighted by Crippen LogP contribution is 2.28. The maximum absolute atomic E-state index is 13.6. The lowest BCUT2D eigenvalue weighted by Crippen LogP contribution is -2.42. The smallest absolute Gasteiger partial charge is 0.166 e. The van der Waals surface area contributed by atoms with Crippen molar-refractivity contribution >= 4 is 21.7 Å². The zero-order chi connectivity index (χ0) is 11.7. The zero-order valence-electron chi connectivity index (χ0n) is 9.16. The minimum absolute atomic E-state index is 0.291. The highest BCUT2D eigenvalue weighted by molar-refractivity contribution is 9.10. The van der Waals surface area contributed by atoms with Crippen LogP contribution in [-0.2, 0) is 0 Å². The van der Waals surface area contributed by atoms with Crippen LogP contribution in [-0.4, -0.2) is 24.6 Å². The molecule has 88 valence electrons. The van der Waals surface area contributed by atoms with E-state index < -0.39 is 0 Å². The number of pyridine rings is 1. The third-order valence-corrected chi connectivity index (χ3v) is 3.39. The highest BCUT2D eigenvalue weighted by Gasteiger charge is 2.27. The van der Waals surface area contributed by atoms with Gasteiger partial charge in [0, 0.05) is 30.3 Å². The summed E-state index contributed by atoms with van der Waals surface area (Å²) in [6, 6.07) is 1.77. The van der Waals surface area contributed by atoms with E-state index in [4.69, 9.17) is 5.73 Å². The predicted octanol–water partition coefficient (Wildman–Crippen LogP) is 2.16. The molecule has 1 aromatic heterocycles. The number of hydrogen-bond acceptors (Lipinski definition) is 3. The van der Waals surface area contributed by atoms with Crippen molar-refractivity contribution in [1.82, 2.24) is 4.98 Å². The molecule has 1 aliphatic carbocycles. The molecule has 1 aliphatic rings. The van der Waals surface area contributed by atoms with Crippen molar-refractivity contribution in [2.75, 3.05) is 18.5 Å². The number of rotatable bonds is 3. The minimum Gasteiger partial charge on any atom is -0.357 e. The van der Waals surface area contributed by atoms with Crippen LogP contribution >= 0.6 is 15.9 Å². The average Bonchev–Trinajstić information content (AvgIpc) is 2.15. The van der Waals surface area contributed by atoms with E-state index in [1.165, 1.54) is 6.07 Å². The van der Waals surface area contributed by atoms with Crippen molar-refractivity contribution in [2.45, 2.75) is 18.9 Å². The summed E-state index contributed by atoms with van der Waals surface area (Å²) in [5.41, 5.74) is 5.72. The Bertz CT molecular complexity index is 379. The van der Waals surface area contributed by atoms with Gasteiger partial charge in [0.2, 0.25) is 0 Å². The third-order valence-electron chi connectivity index (χ3n) is 2.95. The highest BCUT2D eigenvalue weighted by atomic mass is 79.9. The topological polar surface area (TPSA) is 42.1 Å². The summed E-state index contributed by atoms with van der Waals surface area (Å²) < 4.78 is 14.3. The van der Waals surface area contributed by atoms with Crippen LogP contribution in [0.15, 0.2) is 16.7 Å². The van der Waals surface area contributed by atoms with Gasteiger partial charge in [0.25, 0.3) is 0 Å². The van der Waals surface area contributed by atoms with Gasteiger partial charge < -0.3 is 10.6 Å². The molecule has 0 radical (unpaired) electrons. The van der Waals surface area contributed by atoms with Gasteiger partial charge in [-0.3, -0.25) is 0 Å². The summed E-state index contributed by atoms with van der Waals surface area (Å²) in [6.45, 7) is 0.819. The summed E-state index contributed by atoms with van der Waals surface area (Å²) in [7, 11) is 1.86. The first kappa shape index (κ1) is 11.8.